The van der Waals surface area contributed by atoms with Gasteiger partial charge in [-0.1, -0.05) is 12.1 Å². The van der Waals surface area contributed by atoms with E-state index in [0.717, 1.165) is 0 Å². The zero-order chi connectivity index (χ0) is 16.6. The molecule has 1 aliphatic rings. The summed E-state index contributed by atoms with van der Waals surface area (Å²) in [5.41, 5.74) is 6.96. The maximum atomic E-state index is 14.0. The van der Waals surface area contributed by atoms with E-state index in [9.17, 15) is 13.3 Å². The number of nitrogens with one attached hydrogen (secondary N) is 2. The van der Waals surface area contributed by atoms with Crippen LogP contribution in [0.25, 0.3) is 0 Å². The van der Waals surface area contributed by atoms with Gasteiger partial charge >= 0.3 is 0 Å². The minimum atomic E-state index is -1.43. The number of rotatable bonds is 2. The molecular weight excluding hydrogens is 320 g/mol. The smallest absolute Gasteiger partial charge is 0.196 e. The Bertz CT molecular complexity index is 739. The van der Waals surface area contributed by atoms with Crippen LogP contribution in [0.2, 0.25) is 0 Å². The van der Waals surface area contributed by atoms with Crippen LogP contribution in [0.4, 0.5) is 14.5 Å². The van der Waals surface area contributed by atoms with Gasteiger partial charge in [-0.25, -0.2) is 8.78 Å². The van der Waals surface area contributed by atoms with Crippen molar-refractivity contribution in [2.24, 2.45) is 0 Å². The molecule has 1 saturated heterocycles. The van der Waals surface area contributed by atoms with Crippen LogP contribution in [0, 0.1) is 17.0 Å². The molecule has 2 aromatic carbocycles. The molecule has 4 nitrogen and oxygen atoms in total. The van der Waals surface area contributed by atoms with Crippen molar-refractivity contribution in [1.82, 2.24) is 5.32 Å². The molecule has 3 unspecified atom stereocenters. The molecule has 3 atom stereocenters. The van der Waals surface area contributed by atoms with E-state index in [1.807, 2.05) is 0 Å². The Morgan fingerprint density at radius 2 is 1.87 bits per heavy atom. The monoisotopic (exact) mass is 335 g/mol. The topological polar surface area (TPSA) is 85.0 Å². The molecule has 1 heterocycles. The van der Waals surface area contributed by atoms with Crippen LogP contribution in [0.1, 0.15) is 22.4 Å². The van der Waals surface area contributed by atoms with Gasteiger partial charge in [0.1, 0.15) is 23.4 Å². The van der Waals surface area contributed by atoms with Gasteiger partial charge in [0.15, 0.2) is 11.1 Å². The maximum Gasteiger partial charge on any atom is 0.196 e. The fraction of sp³-hybridized carbons (Fsp3) is 0.188. The highest BCUT2D eigenvalue weighted by Crippen LogP contribution is 2.33. The highest BCUT2D eigenvalue weighted by molar-refractivity contribution is 7.92. The lowest BCUT2D eigenvalue weighted by Gasteiger charge is -2.33. The minimum Gasteiger partial charge on any atom is -0.615 e. The molecule has 3 rings (SSSR count). The Hall–Kier alpha value is -2.12. The van der Waals surface area contributed by atoms with E-state index in [2.05, 4.69) is 5.32 Å². The summed E-state index contributed by atoms with van der Waals surface area (Å²) in [4.78, 5) is 0. The molecule has 0 aliphatic carbocycles. The van der Waals surface area contributed by atoms with Crippen LogP contribution in [0.5, 0.6) is 0 Å². The van der Waals surface area contributed by atoms with Crippen LogP contribution in [-0.2, 0) is 11.2 Å². The molecule has 120 valence electrons. The van der Waals surface area contributed by atoms with Crippen molar-refractivity contribution in [2.75, 3.05) is 11.5 Å². The predicted molar refractivity (Wildman–Crippen MR) is 86.6 cm³/mol. The van der Waals surface area contributed by atoms with Gasteiger partial charge in [-0.2, -0.15) is 0 Å². The Kier molecular flexibility index (Phi) is 4.23. The molecule has 1 aliphatic heterocycles. The lowest BCUT2D eigenvalue weighted by atomic mass is 10.0. The minimum absolute atomic E-state index is 0.0213. The molecule has 23 heavy (non-hydrogen) atoms. The van der Waals surface area contributed by atoms with Crippen LogP contribution in [-0.4, -0.2) is 16.1 Å². The Labute approximate surface area is 135 Å². The first kappa shape index (κ1) is 15.8. The van der Waals surface area contributed by atoms with Crippen LogP contribution >= 0.6 is 0 Å². The molecule has 2 aromatic rings. The third kappa shape index (κ3) is 3.16. The molecule has 0 spiro atoms. The van der Waals surface area contributed by atoms with Crippen molar-refractivity contribution < 1.29 is 13.3 Å². The Morgan fingerprint density at radius 3 is 2.52 bits per heavy atom. The number of hydrogen-bond donors (Lipinski definition) is 3. The second kappa shape index (κ2) is 6.17. The van der Waals surface area contributed by atoms with Crippen molar-refractivity contribution in [2.45, 2.75) is 11.3 Å². The summed E-state index contributed by atoms with van der Waals surface area (Å²) in [6.07, 6.45) is 0. The van der Waals surface area contributed by atoms with Crippen molar-refractivity contribution in [3.63, 3.8) is 0 Å². The fourth-order valence-corrected chi connectivity index (χ4v) is 4.23. The molecule has 1 fully saturated rings. The lowest BCUT2D eigenvalue weighted by Crippen LogP contribution is -2.45. The van der Waals surface area contributed by atoms with Crippen LogP contribution in [0.3, 0.4) is 0 Å². The maximum absolute atomic E-state index is 14.0. The lowest BCUT2D eigenvalue weighted by molar-refractivity contribution is 0.545. The quantitative estimate of drug-likeness (QED) is 0.583. The van der Waals surface area contributed by atoms with Gasteiger partial charge in [0, 0.05) is 16.8 Å². The molecule has 7 heteroatoms. The van der Waals surface area contributed by atoms with E-state index in [-0.39, 0.29) is 11.6 Å². The molecule has 4 N–H and O–H groups in total. The zero-order valence-electron chi connectivity index (χ0n) is 12.1. The Morgan fingerprint density at radius 1 is 1.17 bits per heavy atom. The number of hydrogen-bond acceptors (Lipinski definition) is 3. The molecule has 0 bridgehead atoms. The van der Waals surface area contributed by atoms with Gasteiger partial charge in [-0.3, -0.25) is 5.41 Å². The van der Waals surface area contributed by atoms with E-state index < -0.39 is 34.1 Å². The summed E-state index contributed by atoms with van der Waals surface area (Å²) in [6, 6.07) is 9.16. The number of benzene rings is 2. The summed E-state index contributed by atoms with van der Waals surface area (Å²) < 4.78 is 39.5. The standard InChI is InChI=1S/C16H15F2N3OS/c17-10-3-1-9(2-4-10)15-16(20)21-14(8-23(15)22)12-7-11(19)5-6-13(12)18/h1-7,14-15H,8,19H2,(H2,20,21). The number of halogens is 2. The Balaban J connectivity index is 1.86. The first-order valence-corrected chi connectivity index (χ1v) is 8.36. The SMILES string of the molecule is N=C1NC(c2cc(N)ccc2F)C[S+]([O-])C1c1ccc(F)cc1. The van der Waals surface area contributed by atoms with Crippen molar-refractivity contribution in [3.05, 3.63) is 65.2 Å². The van der Waals surface area contributed by atoms with E-state index in [4.69, 9.17) is 11.1 Å². The van der Waals surface area contributed by atoms with Crippen molar-refractivity contribution >= 4 is 22.7 Å². The van der Waals surface area contributed by atoms with Crippen LogP contribution in [0.15, 0.2) is 42.5 Å². The average Bonchev–Trinajstić information content (AvgIpc) is 2.51. The predicted octanol–water partition coefficient (Wildman–Crippen LogP) is 2.66. The summed E-state index contributed by atoms with van der Waals surface area (Å²) in [6.45, 7) is 0. The van der Waals surface area contributed by atoms with Crippen LogP contribution < -0.4 is 11.1 Å². The molecule has 0 saturated carbocycles. The summed E-state index contributed by atoms with van der Waals surface area (Å²) in [7, 11) is 0. The second-order valence-electron chi connectivity index (χ2n) is 5.37. The number of nitrogens with two attached hydrogens (primary N) is 1. The van der Waals surface area contributed by atoms with Gasteiger partial charge in [-0.05, 0) is 41.5 Å². The van der Waals surface area contributed by atoms with Gasteiger partial charge in [0.05, 0.1) is 0 Å². The third-order valence-electron chi connectivity index (χ3n) is 3.75. The molecule has 0 aromatic heterocycles. The summed E-state index contributed by atoms with van der Waals surface area (Å²) in [5.74, 6) is -0.686. The highest BCUT2D eigenvalue weighted by atomic mass is 32.2. The highest BCUT2D eigenvalue weighted by Gasteiger charge is 2.39. The normalized spacial score (nSPS) is 24.3. The van der Waals surface area contributed by atoms with E-state index in [1.165, 1.54) is 42.5 Å². The van der Waals surface area contributed by atoms with E-state index in [0.29, 0.717) is 16.8 Å². The van der Waals surface area contributed by atoms with E-state index in [1.54, 1.807) is 0 Å². The first-order chi connectivity index (χ1) is 11.0. The molecule has 0 amide bonds. The van der Waals surface area contributed by atoms with Crippen molar-refractivity contribution in [3.8, 4) is 0 Å². The van der Waals surface area contributed by atoms with E-state index >= 15 is 0 Å². The zero-order valence-corrected chi connectivity index (χ0v) is 12.9. The summed E-state index contributed by atoms with van der Waals surface area (Å²) in [5, 5.41) is 10.3. The fourth-order valence-electron chi connectivity index (χ4n) is 2.65. The molecule has 0 radical (unpaired) electrons. The number of amidine groups is 1. The van der Waals surface area contributed by atoms with Gasteiger partial charge in [0.25, 0.3) is 0 Å². The summed E-state index contributed by atoms with van der Waals surface area (Å²) >= 11 is -1.43. The van der Waals surface area contributed by atoms with Gasteiger partial charge in [0.2, 0.25) is 0 Å². The molecular formula is C16H15F2N3OS. The first-order valence-electron chi connectivity index (χ1n) is 6.98. The van der Waals surface area contributed by atoms with Gasteiger partial charge < -0.3 is 15.6 Å². The third-order valence-corrected chi connectivity index (χ3v) is 5.45. The van der Waals surface area contributed by atoms with Gasteiger partial charge in [-0.15, -0.1) is 0 Å². The number of nitrogen functional groups attached to an aromatic ring is 1. The largest absolute Gasteiger partial charge is 0.615 e. The van der Waals surface area contributed by atoms with Crippen molar-refractivity contribution in [1.29, 1.82) is 5.41 Å². The second-order valence-corrected chi connectivity index (χ2v) is 6.94. The average molecular weight is 335 g/mol. The number of anilines is 1.